The quantitative estimate of drug-likeness (QED) is 0.489. The molecule has 3 heteroatoms. The highest BCUT2D eigenvalue weighted by Crippen LogP contribution is 2.21. The molecular weight excluding hydrogens is 166 g/mol. The van der Waals surface area contributed by atoms with Crippen molar-refractivity contribution < 1.29 is 9.53 Å². The summed E-state index contributed by atoms with van der Waals surface area (Å²) in [6.45, 7) is 6.40. The number of carbonyl (C=O) groups excluding carboxylic acids is 1. The third kappa shape index (κ3) is 1.91. The molecule has 0 N–H and O–H groups in total. The first-order chi connectivity index (χ1) is 6.20. The number of rotatable bonds is 3. The number of amides is 1. The van der Waals surface area contributed by atoms with Gasteiger partial charge in [-0.15, -0.1) is 0 Å². The smallest absolute Gasteiger partial charge is 0.227 e. The van der Waals surface area contributed by atoms with E-state index < -0.39 is 0 Å². The second-order valence-electron chi connectivity index (χ2n) is 2.95. The first-order valence-corrected chi connectivity index (χ1v) is 4.40. The van der Waals surface area contributed by atoms with Crippen molar-refractivity contribution in [3.8, 4) is 0 Å². The second-order valence-corrected chi connectivity index (χ2v) is 2.95. The monoisotopic (exact) mass is 181 g/mol. The van der Waals surface area contributed by atoms with Gasteiger partial charge in [-0.25, -0.2) is 0 Å². The van der Waals surface area contributed by atoms with Gasteiger partial charge in [-0.2, -0.15) is 0 Å². The summed E-state index contributed by atoms with van der Waals surface area (Å²) in [5.41, 5.74) is 0.796. The van der Waals surface area contributed by atoms with Gasteiger partial charge in [0.25, 0.3) is 0 Å². The Balaban J connectivity index is 2.78. The number of carbonyl (C=O) groups is 1. The normalized spacial score (nSPS) is 17.8. The summed E-state index contributed by atoms with van der Waals surface area (Å²) in [6.07, 6.45) is 3.41. The van der Waals surface area contributed by atoms with Gasteiger partial charge < -0.3 is 9.64 Å². The van der Waals surface area contributed by atoms with Crippen LogP contribution in [0, 0.1) is 0 Å². The number of likely N-dealkylation sites (tertiary alicyclic amines) is 1. The molecule has 0 unspecified atom stereocenters. The predicted octanol–water partition coefficient (Wildman–Crippen LogP) is 1.67. The number of hydrogen-bond acceptors (Lipinski definition) is 2. The van der Waals surface area contributed by atoms with Crippen LogP contribution in [0.25, 0.3) is 0 Å². The molecule has 0 saturated carbocycles. The summed E-state index contributed by atoms with van der Waals surface area (Å²) < 4.78 is 5.01. The first kappa shape index (κ1) is 9.84. The Morgan fingerprint density at radius 3 is 2.77 bits per heavy atom. The van der Waals surface area contributed by atoms with Crippen LogP contribution in [0.15, 0.2) is 24.1 Å². The topological polar surface area (TPSA) is 29.5 Å². The molecule has 0 aromatic heterocycles. The van der Waals surface area contributed by atoms with Crippen LogP contribution in [0.3, 0.4) is 0 Å². The lowest BCUT2D eigenvalue weighted by Gasteiger charge is -2.20. The van der Waals surface area contributed by atoms with E-state index in [1.807, 2.05) is 13.0 Å². The number of allylic oxidation sites excluding steroid dienone is 1. The van der Waals surface area contributed by atoms with Crippen LogP contribution in [0.5, 0.6) is 0 Å². The Morgan fingerprint density at radius 1 is 1.69 bits per heavy atom. The van der Waals surface area contributed by atoms with Crippen molar-refractivity contribution in [2.45, 2.75) is 19.8 Å². The van der Waals surface area contributed by atoms with E-state index in [0.717, 1.165) is 18.7 Å². The van der Waals surface area contributed by atoms with E-state index in [-0.39, 0.29) is 5.91 Å². The molecule has 0 bridgehead atoms. The van der Waals surface area contributed by atoms with Crippen LogP contribution in [0.2, 0.25) is 0 Å². The summed E-state index contributed by atoms with van der Waals surface area (Å²) in [4.78, 5) is 13.1. The Labute approximate surface area is 78.7 Å². The van der Waals surface area contributed by atoms with Gasteiger partial charge in [0, 0.05) is 13.0 Å². The van der Waals surface area contributed by atoms with E-state index in [0.29, 0.717) is 12.2 Å². The largest absolute Gasteiger partial charge is 0.495 e. The molecule has 1 heterocycles. The van der Waals surface area contributed by atoms with Crippen molar-refractivity contribution >= 4 is 5.91 Å². The van der Waals surface area contributed by atoms with E-state index in [9.17, 15) is 4.79 Å². The maximum absolute atomic E-state index is 11.4. The third-order valence-electron chi connectivity index (χ3n) is 2.17. The third-order valence-corrected chi connectivity index (χ3v) is 2.17. The molecule has 1 rings (SSSR count). The summed E-state index contributed by atoms with van der Waals surface area (Å²) in [5.74, 6) is 0.712. The molecule has 0 radical (unpaired) electrons. The van der Waals surface area contributed by atoms with Crippen LogP contribution < -0.4 is 0 Å². The maximum Gasteiger partial charge on any atom is 0.227 e. The highest BCUT2D eigenvalue weighted by Gasteiger charge is 2.24. The zero-order valence-corrected chi connectivity index (χ0v) is 8.17. The van der Waals surface area contributed by atoms with Crippen LogP contribution in [0.4, 0.5) is 0 Å². The van der Waals surface area contributed by atoms with Crippen molar-refractivity contribution in [1.29, 1.82) is 0 Å². The van der Waals surface area contributed by atoms with Gasteiger partial charge in [-0.3, -0.25) is 4.79 Å². The van der Waals surface area contributed by atoms with Gasteiger partial charge >= 0.3 is 0 Å². The van der Waals surface area contributed by atoms with Crippen molar-refractivity contribution in [3.63, 3.8) is 0 Å². The molecule has 0 atom stereocenters. The van der Waals surface area contributed by atoms with Crippen molar-refractivity contribution in [2.75, 3.05) is 13.7 Å². The standard InChI is InChI=1S/C10H15NO2/c1-4-9(8(2)13-3)11-7-5-6-10(11)12/h4H,2,5-7H2,1,3H3. The van der Waals surface area contributed by atoms with Crippen molar-refractivity contribution in [1.82, 2.24) is 4.90 Å². The number of nitrogens with zero attached hydrogens (tertiary/aromatic N) is 1. The highest BCUT2D eigenvalue weighted by atomic mass is 16.5. The van der Waals surface area contributed by atoms with Gasteiger partial charge in [0.2, 0.25) is 5.91 Å². The van der Waals surface area contributed by atoms with E-state index in [4.69, 9.17) is 4.74 Å². The van der Waals surface area contributed by atoms with Crippen LogP contribution in [-0.4, -0.2) is 24.5 Å². The van der Waals surface area contributed by atoms with E-state index in [1.54, 1.807) is 12.0 Å². The molecule has 72 valence electrons. The highest BCUT2D eigenvalue weighted by molar-refractivity contribution is 5.80. The van der Waals surface area contributed by atoms with Gasteiger partial charge in [0.05, 0.1) is 12.8 Å². The van der Waals surface area contributed by atoms with E-state index in [1.165, 1.54) is 0 Å². The molecule has 13 heavy (non-hydrogen) atoms. The van der Waals surface area contributed by atoms with E-state index >= 15 is 0 Å². The fourth-order valence-corrected chi connectivity index (χ4v) is 1.47. The van der Waals surface area contributed by atoms with Crippen molar-refractivity contribution in [3.05, 3.63) is 24.1 Å². The van der Waals surface area contributed by atoms with E-state index in [2.05, 4.69) is 6.58 Å². The van der Waals surface area contributed by atoms with Gasteiger partial charge in [0.15, 0.2) is 0 Å². The molecular formula is C10H15NO2. The lowest BCUT2D eigenvalue weighted by atomic mass is 10.3. The first-order valence-electron chi connectivity index (χ1n) is 4.40. The fourth-order valence-electron chi connectivity index (χ4n) is 1.47. The van der Waals surface area contributed by atoms with Crippen molar-refractivity contribution in [2.24, 2.45) is 0 Å². The average Bonchev–Trinajstić information content (AvgIpc) is 2.53. The van der Waals surface area contributed by atoms with Gasteiger partial charge in [-0.1, -0.05) is 12.7 Å². The molecule has 0 spiro atoms. The minimum Gasteiger partial charge on any atom is -0.495 e. The lowest BCUT2D eigenvalue weighted by Crippen LogP contribution is -2.25. The SMILES string of the molecule is C=C(OC)C(=CC)N1CCCC1=O. The molecule has 0 aliphatic carbocycles. The molecule has 3 nitrogen and oxygen atoms in total. The Bertz CT molecular complexity index is 256. The number of hydrogen-bond donors (Lipinski definition) is 0. The molecule has 1 amide bonds. The van der Waals surface area contributed by atoms with Gasteiger partial charge in [-0.05, 0) is 13.3 Å². The fraction of sp³-hybridized carbons (Fsp3) is 0.500. The summed E-state index contributed by atoms with van der Waals surface area (Å²) in [6, 6.07) is 0. The molecule has 0 aromatic carbocycles. The number of methoxy groups -OCH3 is 1. The summed E-state index contributed by atoms with van der Waals surface area (Å²) in [5, 5.41) is 0. The average molecular weight is 181 g/mol. The summed E-state index contributed by atoms with van der Waals surface area (Å²) in [7, 11) is 1.56. The zero-order valence-electron chi connectivity index (χ0n) is 8.17. The minimum absolute atomic E-state index is 0.159. The number of ether oxygens (including phenoxy) is 1. The molecule has 1 saturated heterocycles. The molecule has 1 aliphatic rings. The Hall–Kier alpha value is -1.25. The molecule has 0 aromatic rings. The Morgan fingerprint density at radius 2 is 2.38 bits per heavy atom. The Kier molecular flexibility index (Phi) is 3.12. The lowest BCUT2D eigenvalue weighted by molar-refractivity contribution is -0.126. The van der Waals surface area contributed by atoms with Crippen LogP contribution >= 0.6 is 0 Å². The van der Waals surface area contributed by atoms with Crippen LogP contribution in [0.1, 0.15) is 19.8 Å². The second kappa shape index (κ2) is 4.12. The molecule has 1 aliphatic heterocycles. The summed E-state index contributed by atoms with van der Waals surface area (Å²) >= 11 is 0. The maximum atomic E-state index is 11.4. The molecule has 1 fully saturated rings. The predicted molar refractivity (Wildman–Crippen MR) is 50.9 cm³/mol. The van der Waals surface area contributed by atoms with Crippen LogP contribution in [-0.2, 0) is 9.53 Å². The van der Waals surface area contributed by atoms with Gasteiger partial charge in [0.1, 0.15) is 5.76 Å². The zero-order chi connectivity index (χ0) is 9.84. The minimum atomic E-state index is 0.159.